The van der Waals surface area contributed by atoms with Gasteiger partial charge < -0.3 is 49.2 Å². The molecule has 8 atom stereocenters. The van der Waals surface area contributed by atoms with Gasteiger partial charge in [-0.15, -0.1) is 0 Å². The summed E-state index contributed by atoms with van der Waals surface area (Å²) >= 11 is 0. The molecule has 0 radical (unpaired) electrons. The summed E-state index contributed by atoms with van der Waals surface area (Å²) in [4.78, 5) is 27.2. The molecule has 5 rings (SSSR count). The molecule has 12 nitrogen and oxygen atoms in total. The zero-order chi connectivity index (χ0) is 29.3. The fraction of sp³-hybridized carbons (Fsp3) is 0.500. The van der Waals surface area contributed by atoms with Crippen molar-refractivity contribution in [2.24, 2.45) is 0 Å². The second kappa shape index (κ2) is 10.1. The zero-order valence-electron chi connectivity index (χ0n) is 22.6. The average Bonchev–Trinajstić information content (AvgIpc) is 2.89. The highest BCUT2D eigenvalue weighted by atomic mass is 16.7. The van der Waals surface area contributed by atoms with E-state index in [1.807, 2.05) is 0 Å². The van der Waals surface area contributed by atoms with Gasteiger partial charge in [0.05, 0.1) is 29.9 Å². The molecule has 8 unspecified atom stereocenters. The van der Waals surface area contributed by atoms with Gasteiger partial charge in [0, 0.05) is 43.4 Å². The molecule has 12 heteroatoms. The third-order valence-corrected chi connectivity index (χ3v) is 8.01. The largest absolute Gasteiger partial charge is 0.507 e. The van der Waals surface area contributed by atoms with Crippen molar-refractivity contribution in [3.05, 3.63) is 51.6 Å². The number of aliphatic hydroxyl groups excluding tert-OH is 2. The number of hydrogen-bond acceptors (Lipinski definition) is 12. The van der Waals surface area contributed by atoms with Crippen LogP contribution < -0.4 is 4.74 Å². The molecule has 40 heavy (non-hydrogen) atoms. The van der Waals surface area contributed by atoms with Crippen LogP contribution in [-0.4, -0.2) is 101 Å². The van der Waals surface area contributed by atoms with Gasteiger partial charge in [0.25, 0.3) is 0 Å². The molecule has 216 valence electrons. The standard InChI is InChI=1S/C28H32O12/c1-10-19(30)23(34)25(37-4)27(39-10)40-24-16-11(9-28(2,35)26(24)38-5)6-13-18(21(16)32)22(33)17-14(20(13)31)7-12(36-3)8-15(17)29/h6-8,10,19,23-27,29-30,32,34-35H,9H2,1-5H3. The van der Waals surface area contributed by atoms with Crippen molar-refractivity contribution >= 4 is 11.6 Å². The van der Waals surface area contributed by atoms with Crippen LogP contribution in [0.15, 0.2) is 18.2 Å². The van der Waals surface area contributed by atoms with E-state index in [1.165, 1.54) is 53.4 Å². The van der Waals surface area contributed by atoms with Crippen LogP contribution in [0.4, 0.5) is 0 Å². The average molecular weight is 561 g/mol. The number of phenols is 2. The first-order valence-corrected chi connectivity index (χ1v) is 12.7. The smallest absolute Gasteiger partial charge is 0.201 e. The number of aromatic hydroxyl groups is 2. The van der Waals surface area contributed by atoms with Crippen molar-refractivity contribution in [3.63, 3.8) is 0 Å². The Morgan fingerprint density at radius 3 is 2.25 bits per heavy atom. The van der Waals surface area contributed by atoms with Crippen LogP contribution in [0.25, 0.3) is 0 Å². The number of carbonyl (C=O) groups excluding carboxylic acids is 2. The van der Waals surface area contributed by atoms with E-state index in [-0.39, 0.29) is 40.0 Å². The normalized spacial score (nSPS) is 33.2. The molecule has 1 aliphatic heterocycles. The van der Waals surface area contributed by atoms with Gasteiger partial charge in [-0.1, -0.05) is 0 Å². The molecule has 0 saturated carbocycles. The Morgan fingerprint density at radius 2 is 1.62 bits per heavy atom. The molecule has 1 saturated heterocycles. The summed E-state index contributed by atoms with van der Waals surface area (Å²) in [6, 6.07) is 3.95. The van der Waals surface area contributed by atoms with Crippen LogP contribution in [-0.2, 0) is 25.4 Å². The summed E-state index contributed by atoms with van der Waals surface area (Å²) in [6.07, 6.45) is -8.39. The van der Waals surface area contributed by atoms with E-state index in [9.17, 15) is 35.1 Å². The lowest BCUT2D eigenvalue weighted by Crippen LogP contribution is -2.59. The van der Waals surface area contributed by atoms with Crippen LogP contribution in [0.5, 0.6) is 17.2 Å². The number of fused-ring (bicyclic) bond motifs is 3. The van der Waals surface area contributed by atoms with Gasteiger partial charge in [0.2, 0.25) is 5.78 Å². The van der Waals surface area contributed by atoms with Crippen LogP contribution >= 0.6 is 0 Å². The molecular weight excluding hydrogens is 528 g/mol. The number of methoxy groups -OCH3 is 3. The summed E-state index contributed by atoms with van der Waals surface area (Å²) < 4.78 is 28.1. The summed E-state index contributed by atoms with van der Waals surface area (Å²) in [5, 5.41) is 54.4. The predicted octanol–water partition coefficient (Wildman–Crippen LogP) is 0.743. The topological polar surface area (TPSA) is 181 Å². The molecule has 1 fully saturated rings. The van der Waals surface area contributed by atoms with E-state index in [0.29, 0.717) is 5.56 Å². The quantitative estimate of drug-likeness (QED) is 0.296. The number of rotatable bonds is 5. The van der Waals surface area contributed by atoms with Crippen molar-refractivity contribution in [1.82, 2.24) is 0 Å². The van der Waals surface area contributed by atoms with E-state index in [2.05, 4.69) is 0 Å². The highest BCUT2D eigenvalue weighted by Gasteiger charge is 2.52. The first kappa shape index (κ1) is 28.4. The highest BCUT2D eigenvalue weighted by Crippen LogP contribution is 2.49. The molecule has 3 aliphatic rings. The molecule has 5 N–H and O–H groups in total. The Bertz CT molecular complexity index is 1370. The molecular formula is C28H32O12. The molecule has 0 bridgehead atoms. The van der Waals surface area contributed by atoms with Gasteiger partial charge >= 0.3 is 0 Å². The fourth-order valence-corrected chi connectivity index (χ4v) is 6.01. The molecule has 2 aromatic rings. The number of phenolic OH excluding ortho intramolecular Hbond substituents is 2. The monoisotopic (exact) mass is 560 g/mol. The van der Waals surface area contributed by atoms with E-state index >= 15 is 0 Å². The first-order chi connectivity index (χ1) is 18.9. The van der Waals surface area contributed by atoms with E-state index in [4.69, 9.17) is 23.7 Å². The van der Waals surface area contributed by atoms with Crippen molar-refractivity contribution in [3.8, 4) is 17.2 Å². The number of ketones is 2. The molecule has 0 aromatic heterocycles. The lowest BCUT2D eigenvalue weighted by Gasteiger charge is -2.47. The summed E-state index contributed by atoms with van der Waals surface area (Å²) in [5.74, 6) is -2.30. The van der Waals surface area contributed by atoms with Crippen LogP contribution in [0.3, 0.4) is 0 Å². The Labute approximate surface area is 229 Å². The minimum absolute atomic E-state index is 0.0708. The number of ether oxygens (including phenoxy) is 5. The van der Waals surface area contributed by atoms with Crippen LogP contribution in [0, 0.1) is 0 Å². The number of benzene rings is 2. The SMILES string of the molecule is COc1cc(O)c2c(c1)C(=O)c1cc3c(c(O)c1C2=O)C(OC1OC(C)C(O)C(O)C1OC)C(OC)C(C)(O)C3. The second-order valence-corrected chi connectivity index (χ2v) is 10.6. The Hall–Kier alpha value is -3.10. The van der Waals surface area contributed by atoms with Crippen molar-refractivity contribution < 1.29 is 58.8 Å². The molecule has 0 spiro atoms. The van der Waals surface area contributed by atoms with E-state index in [0.717, 1.165) is 0 Å². The Balaban J connectivity index is 1.67. The molecule has 2 aliphatic carbocycles. The van der Waals surface area contributed by atoms with Crippen LogP contribution in [0.1, 0.15) is 62.9 Å². The highest BCUT2D eigenvalue weighted by molar-refractivity contribution is 6.30. The maximum atomic E-state index is 13.6. The van der Waals surface area contributed by atoms with Gasteiger partial charge in [-0.2, -0.15) is 0 Å². The zero-order valence-corrected chi connectivity index (χ0v) is 22.6. The summed E-state index contributed by atoms with van der Waals surface area (Å²) in [5.41, 5.74) is -2.00. The van der Waals surface area contributed by atoms with Crippen molar-refractivity contribution in [2.75, 3.05) is 21.3 Å². The third-order valence-electron chi connectivity index (χ3n) is 8.01. The number of carbonyl (C=O) groups is 2. The first-order valence-electron chi connectivity index (χ1n) is 12.7. The van der Waals surface area contributed by atoms with Crippen molar-refractivity contribution in [1.29, 1.82) is 0 Å². The van der Waals surface area contributed by atoms with Gasteiger partial charge in [-0.3, -0.25) is 9.59 Å². The molecule has 0 amide bonds. The minimum atomic E-state index is -1.57. The van der Waals surface area contributed by atoms with Gasteiger partial charge in [-0.25, -0.2) is 0 Å². The minimum Gasteiger partial charge on any atom is -0.507 e. The van der Waals surface area contributed by atoms with Crippen molar-refractivity contribution in [2.45, 2.75) is 68.8 Å². The number of hydrogen-bond donors (Lipinski definition) is 5. The lowest BCUT2D eigenvalue weighted by molar-refractivity contribution is -0.323. The fourth-order valence-electron chi connectivity index (χ4n) is 6.01. The van der Waals surface area contributed by atoms with Crippen LogP contribution in [0.2, 0.25) is 0 Å². The van der Waals surface area contributed by atoms with E-state index < -0.39 is 71.6 Å². The van der Waals surface area contributed by atoms with Gasteiger partial charge in [0.15, 0.2) is 12.1 Å². The maximum absolute atomic E-state index is 13.6. The van der Waals surface area contributed by atoms with E-state index in [1.54, 1.807) is 0 Å². The molecule has 1 heterocycles. The predicted molar refractivity (Wildman–Crippen MR) is 136 cm³/mol. The summed E-state index contributed by atoms with van der Waals surface area (Å²) in [7, 11) is 3.99. The Morgan fingerprint density at radius 1 is 0.950 bits per heavy atom. The number of aliphatic hydroxyl groups is 3. The van der Waals surface area contributed by atoms with Gasteiger partial charge in [0.1, 0.15) is 47.8 Å². The molecule has 2 aromatic carbocycles. The lowest BCUT2D eigenvalue weighted by atomic mass is 9.73. The Kier molecular flexibility index (Phi) is 7.16. The second-order valence-electron chi connectivity index (χ2n) is 10.6. The maximum Gasteiger partial charge on any atom is 0.201 e. The third kappa shape index (κ3) is 4.18. The summed E-state index contributed by atoms with van der Waals surface area (Å²) in [6.45, 7) is 3.03. The van der Waals surface area contributed by atoms with Gasteiger partial charge in [-0.05, 0) is 31.5 Å².